The first-order valence-electron chi connectivity index (χ1n) is 3.65. The van der Waals surface area contributed by atoms with Crippen molar-refractivity contribution >= 4 is 5.69 Å². The highest BCUT2D eigenvalue weighted by Gasteiger charge is 2.13. The minimum Gasteiger partial charge on any atom is -0.616 e. The Balaban J connectivity index is 2.98. The van der Waals surface area contributed by atoms with E-state index in [0.29, 0.717) is 11.3 Å². The molecule has 0 saturated heterocycles. The van der Waals surface area contributed by atoms with Crippen molar-refractivity contribution in [1.29, 1.82) is 0 Å². The summed E-state index contributed by atoms with van der Waals surface area (Å²) in [5, 5.41) is 21.3. The summed E-state index contributed by atoms with van der Waals surface area (Å²) in [6.07, 6.45) is 0.866. The van der Waals surface area contributed by atoms with E-state index in [2.05, 4.69) is 0 Å². The van der Waals surface area contributed by atoms with Crippen molar-refractivity contribution in [1.82, 2.24) is 0 Å². The predicted octanol–water partition coefficient (Wildman–Crippen LogP) is 0.627. The molecule has 0 aliphatic rings. The average molecular weight is 184 g/mol. The minimum absolute atomic E-state index is 0.0631. The van der Waals surface area contributed by atoms with Gasteiger partial charge in [-0.25, -0.2) is 0 Å². The monoisotopic (exact) mass is 184 g/mol. The molecule has 0 atom stereocenters. The van der Waals surface area contributed by atoms with Crippen LogP contribution < -0.4 is 9.47 Å². The van der Waals surface area contributed by atoms with E-state index in [-0.39, 0.29) is 11.6 Å². The molecule has 0 aliphatic heterocycles. The fourth-order valence-corrected chi connectivity index (χ4v) is 0.825. The maximum absolute atomic E-state index is 11.0. The lowest BCUT2D eigenvalue weighted by atomic mass is 10.4. The highest BCUT2D eigenvalue weighted by Crippen LogP contribution is 2.11. The fourth-order valence-electron chi connectivity index (χ4n) is 0.825. The number of nitrogens with zero attached hydrogens (tertiary/aromatic N) is 2. The van der Waals surface area contributed by atoms with Crippen LogP contribution in [0.25, 0.3) is 0 Å². The Morgan fingerprint density at radius 2 is 2.31 bits per heavy atom. The van der Waals surface area contributed by atoms with Crippen LogP contribution in [-0.4, -0.2) is 11.5 Å². The third kappa shape index (κ3) is 2.05. The molecule has 0 fully saturated rings. The summed E-state index contributed by atoms with van der Waals surface area (Å²) >= 11 is 0. The third-order valence-corrected chi connectivity index (χ3v) is 1.37. The average Bonchev–Trinajstić information content (AvgIpc) is 2.08. The summed E-state index contributed by atoms with van der Waals surface area (Å²) in [6, 6.07) is 2.49. The number of rotatable bonds is 3. The van der Waals surface area contributed by atoms with E-state index < -0.39 is 4.92 Å². The van der Waals surface area contributed by atoms with Crippen LogP contribution >= 0.6 is 0 Å². The summed E-state index contributed by atoms with van der Waals surface area (Å²) in [7, 11) is 0. The number of aromatic nitrogens is 1. The fraction of sp³-hybridized carbons (Fsp3) is 0.286. The van der Waals surface area contributed by atoms with Crippen LogP contribution in [0.3, 0.4) is 0 Å². The van der Waals surface area contributed by atoms with Crippen molar-refractivity contribution in [2.45, 2.75) is 6.92 Å². The molecule has 0 N–H and O–H groups in total. The van der Waals surface area contributed by atoms with Gasteiger partial charge in [-0.3, -0.25) is 10.1 Å². The molecule has 1 rings (SSSR count). The predicted molar refractivity (Wildman–Crippen MR) is 43.2 cm³/mol. The maximum atomic E-state index is 11.0. The minimum atomic E-state index is -0.635. The van der Waals surface area contributed by atoms with Crippen LogP contribution in [0.5, 0.6) is 5.88 Å². The maximum Gasteiger partial charge on any atom is 0.379 e. The van der Waals surface area contributed by atoms with E-state index in [4.69, 9.17) is 4.74 Å². The van der Waals surface area contributed by atoms with Gasteiger partial charge < -0.3 is 9.94 Å². The molecule has 6 nitrogen and oxygen atoms in total. The van der Waals surface area contributed by atoms with Gasteiger partial charge in [-0.15, -0.1) is 4.73 Å². The second-order valence-electron chi connectivity index (χ2n) is 2.24. The first-order chi connectivity index (χ1) is 6.15. The van der Waals surface area contributed by atoms with Gasteiger partial charge in [0.05, 0.1) is 17.6 Å². The zero-order chi connectivity index (χ0) is 9.84. The van der Waals surface area contributed by atoms with Crippen molar-refractivity contribution in [3.63, 3.8) is 0 Å². The van der Waals surface area contributed by atoms with Crippen LogP contribution in [0.1, 0.15) is 6.92 Å². The molecule has 1 aromatic rings. The molecule has 0 unspecified atom stereocenters. The SMILES string of the molecule is CCOc1ccc([N+](=O)[O-])c[n+]1[O-]. The molecule has 1 heterocycles. The van der Waals surface area contributed by atoms with Gasteiger partial charge in [0.2, 0.25) is 0 Å². The lowest BCUT2D eigenvalue weighted by Gasteiger charge is -2.02. The first kappa shape index (κ1) is 9.24. The van der Waals surface area contributed by atoms with Gasteiger partial charge in [0, 0.05) is 6.07 Å². The molecule has 1 aromatic heterocycles. The number of pyridine rings is 1. The summed E-state index contributed by atoms with van der Waals surface area (Å²) < 4.78 is 5.23. The summed E-state index contributed by atoms with van der Waals surface area (Å²) in [4.78, 5) is 9.60. The van der Waals surface area contributed by atoms with Crippen molar-refractivity contribution in [3.8, 4) is 5.88 Å². The molecule has 0 spiro atoms. The Labute approximate surface area is 74.1 Å². The molecule has 0 bridgehead atoms. The zero-order valence-corrected chi connectivity index (χ0v) is 6.97. The molecule has 13 heavy (non-hydrogen) atoms. The van der Waals surface area contributed by atoms with Crippen molar-refractivity contribution in [2.75, 3.05) is 6.61 Å². The summed E-state index contributed by atoms with van der Waals surface area (Å²) in [5.74, 6) is 0.0631. The summed E-state index contributed by atoms with van der Waals surface area (Å²) in [5.41, 5.74) is -0.251. The highest BCUT2D eigenvalue weighted by molar-refractivity contribution is 5.25. The molecule has 70 valence electrons. The molecule has 0 amide bonds. The topological polar surface area (TPSA) is 79.3 Å². The van der Waals surface area contributed by atoms with Gasteiger partial charge in [0.1, 0.15) is 0 Å². The molecule has 0 saturated carbocycles. The van der Waals surface area contributed by atoms with Crippen molar-refractivity contribution in [2.24, 2.45) is 0 Å². The van der Waals surface area contributed by atoms with E-state index in [1.807, 2.05) is 0 Å². The van der Waals surface area contributed by atoms with Gasteiger partial charge in [-0.05, 0) is 6.92 Å². The second kappa shape index (κ2) is 3.70. The summed E-state index contributed by atoms with van der Waals surface area (Å²) in [6.45, 7) is 2.07. The normalized spacial score (nSPS) is 9.62. The van der Waals surface area contributed by atoms with Crippen LogP contribution in [-0.2, 0) is 0 Å². The van der Waals surface area contributed by atoms with E-state index >= 15 is 0 Å². The first-order valence-corrected chi connectivity index (χ1v) is 3.65. The van der Waals surface area contributed by atoms with Crippen LogP contribution in [0.2, 0.25) is 0 Å². The third-order valence-electron chi connectivity index (χ3n) is 1.37. The van der Waals surface area contributed by atoms with Crippen LogP contribution in [0, 0.1) is 15.3 Å². The molecule has 0 aromatic carbocycles. The Hall–Kier alpha value is -1.85. The Kier molecular flexibility index (Phi) is 2.63. The number of hydrogen-bond acceptors (Lipinski definition) is 4. The van der Waals surface area contributed by atoms with E-state index in [1.165, 1.54) is 12.1 Å². The van der Waals surface area contributed by atoms with Gasteiger partial charge in [-0.1, -0.05) is 0 Å². The standard InChI is InChI=1S/C7H8N2O4/c1-2-13-7-4-3-6(9(11)12)5-8(7)10/h3-5H,2H2,1H3. The lowest BCUT2D eigenvalue weighted by Crippen LogP contribution is -2.28. The highest BCUT2D eigenvalue weighted by atomic mass is 16.6. The van der Waals surface area contributed by atoms with Crippen LogP contribution in [0.15, 0.2) is 18.3 Å². The smallest absolute Gasteiger partial charge is 0.379 e. The second-order valence-corrected chi connectivity index (χ2v) is 2.24. The quantitative estimate of drug-likeness (QED) is 0.298. The molecule has 0 radical (unpaired) electrons. The Morgan fingerprint density at radius 3 is 2.77 bits per heavy atom. The van der Waals surface area contributed by atoms with Gasteiger partial charge in [-0.2, -0.15) is 0 Å². The number of hydrogen-bond donors (Lipinski definition) is 0. The van der Waals surface area contributed by atoms with Crippen LogP contribution in [0.4, 0.5) is 5.69 Å². The van der Waals surface area contributed by atoms with Gasteiger partial charge in [0.15, 0.2) is 0 Å². The van der Waals surface area contributed by atoms with E-state index in [1.54, 1.807) is 6.92 Å². The van der Waals surface area contributed by atoms with Crippen molar-refractivity contribution in [3.05, 3.63) is 33.7 Å². The Morgan fingerprint density at radius 1 is 1.62 bits per heavy atom. The number of ether oxygens (including phenoxy) is 1. The van der Waals surface area contributed by atoms with Gasteiger partial charge in [0.25, 0.3) is 6.20 Å². The van der Waals surface area contributed by atoms with Crippen molar-refractivity contribution < 1.29 is 14.4 Å². The van der Waals surface area contributed by atoms with E-state index in [0.717, 1.165) is 6.20 Å². The van der Waals surface area contributed by atoms with E-state index in [9.17, 15) is 15.3 Å². The lowest BCUT2D eigenvalue weighted by molar-refractivity contribution is -0.616. The molecular formula is C7H8N2O4. The largest absolute Gasteiger partial charge is 0.616 e. The molecule has 0 aliphatic carbocycles. The zero-order valence-electron chi connectivity index (χ0n) is 6.97. The Bertz CT molecular complexity index is 326. The molecular weight excluding hydrogens is 176 g/mol. The van der Waals surface area contributed by atoms with Gasteiger partial charge >= 0.3 is 11.6 Å². The number of nitro groups is 1. The molecule has 6 heteroatoms.